The third-order valence-electron chi connectivity index (χ3n) is 2.88. The summed E-state index contributed by atoms with van der Waals surface area (Å²) in [5.74, 6) is 0. The second kappa shape index (κ2) is 3.90. The quantitative estimate of drug-likeness (QED) is 0.631. The molecule has 17 heavy (non-hydrogen) atoms. The lowest BCUT2D eigenvalue weighted by Crippen LogP contribution is -1.94. The molecule has 0 aliphatic rings. The standard InChI is InChI=1S/C14H11ClN2/c1-10-4-2-3-5-13(10)17-9-16-12-8-11(15)6-7-14(12)17/h2-9H,1H3. The third kappa shape index (κ3) is 1.71. The van der Waals surface area contributed by atoms with Crippen LogP contribution in [0.2, 0.25) is 5.02 Å². The van der Waals surface area contributed by atoms with Crippen molar-refractivity contribution >= 4 is 22.6 Å². The van der Waals surface area contributed by atoms with Crippen molar-refractivity contribution in [1.29, 1.82) is 0 Å². The van der Waals surface area contributed by atoms with E-state index < -0.39 is 0 Å². The van der Waals surface area contributed by atoms with Gasteiger partial charge in [0.25, 0.3) is 0 Å². The molecule has 0 amide bonds. The summed E-state index contributed by atoms with van der Waals surface area (Å²) >= 11 is 5.96. The minimum absolute atomic E-state index is 0.715. The average Bonchev–Trinajstić information content (AvgIpc) is 2.72. The highest BCUT2D eigenvalue weighted by Gasteiger charge is 2.06. The van der Waals surface area contributed by atoms with E-state index >= 15 is 0 Å². The average molecular weight is 243 g/mol. The Hall–Kier alpha value is -1.80. The van der Waals surface area contributed by atoms with E-state index in [4.69, 9.17) is 11.6 Å². The number of para-hydroxylation sites is 1. The minimum atomic E-state index is 0.715. The summed E-state index contributed by atoms with van der Waals surface area (Å²) in [6.07, 6.45) is 1.84. The van der Waals surface area contributed by atoms with E-state index in [0.717, 1.165) is 16.7 Å². The zero-order valence-electron chi connectivity index (χ0n) is 9.39. The molecule has 0 spiro atoms. The van der Waals surface area contributed by atoms with Crippen LogP contribution in [0.25, 0.3) is 16.7 Å². The molecule has 0 aliphatic carbocycles. The summed E-state index contributed by atoms with van der Waals surface area (Å²) in [4.78, 5) is 4.38. The first kappa shape index (κ1) is 10.4. The number of hydrogen-bond acceptors (Lipinski definition) is 1. The van der Waals surface area contributed by atoms with Crippen LogP contribution in [-0.2, 0) is 0 Å². The van der Waals surface area contributed by atoms with E-state index in [0.29, 0.717) is 5.02 Å². The molecule has 2 aromatic carbocycles. The Morgan fingerprint density at radius 3 is 2.76 bits per heavy atom. The molecule has 0 bridgehead atoms. The highest BCUT2D eigenvalue weighted by atomic mass is 35.5. The number of benzene rings is 2. The summed E-state index contributed by atoms with van der Waals surface area (Å²) in [7, 11) is 0. The van der Waals surface area contributed by atoms with E-state index in [1.807, 2.05) is 36.7 Å². The number of hydrogen-bond donors (Lipinski definition) is 0. The van der Waals surface area contributed by atoms with Crippen molar-refractivity contribution in [3.63, 3.8) is 0 Å². The lowest BCUT2D eigenvalue weighted by Gasteiger charge is -2.07. The van der Waals surface area contributed by atoms with E-state index in [-0.39, 0.29) is 0 Å². The first-order chi connectivity index (χ1) is 8.25. The van der Waals surface area contributed by atoms with E-state index in [2.05, 4.69) is 28.6 Å². The third-order valence-corrected chi connectivity index (χ3v) is 3.12. The molecular weight excluding hydrogens is 232 g/mol. The van der Waals surface area contributed by atoms with Gasteiger partial charge in [-0.25, -0.2) is 4.98 Å². The van der Waals surface area contributed by atoms with Gasteiger partial charge in [0.05, 0.1) is 16.7 Å². The predicted octanol–water partition coefficient (Wildman–Crippen LogP) is 3.99. The number of nitrogens with zero attached hydrogens (tertiary/aromatic N) is 2. The van der Waals surface area contributed by atoms with Crippen molar-refractivity contribution in [3.05, 3.63) is 59.4 Å². The molecule has 0 saturated heterocycles. The van der Waals surface area contributed by atoms with Crippen LogP contribution in [-0.4, -0.2) is 9.55 Å². The van der Waals surface area contributed by atoms with Crippen LogP contribution >= 0.6 is 11.6 Å². The second-order valence-electron chi connectivity index (χ2n) is 4.03. The van der Waals surface area contributed by atoms with Crippen LogP contribution in [0.3, 0.4) is 0 Å². The Balaban J connectivity index is 2.29. The van der Waals surface area contributed by atoms with E-state index in [1.54, 1.807) is 0 Å². The Morgan fingerprint density at radius 2 is 1.94 bits per heavy atom. The number of aromatic nitrogens is 2. The summed E-state index contributed by atoms with van der Waals surface area (Å²) in [5.41, 5.74) is 4.36. The molecule has 3 heteroatoms. The fourth-order valence-electron chi connectivity index (χ4n) is 2.01. The van der Waals surface area contributed by atoms with Gasteiger partial charge in [-0.05, 0) is 36.8 Å². The monoisotopic (exact) mass is 242 g/mol. The largest absolute Gasteiger partial charge is 0.299 e. The van der Waals surface area contributed by atoms with E-state index in [9.17, 15) is 0 Å². The first-order valence-corrected chi connectivity index (χ1v) is 5.82. The van der Waals surface area contributed by atoms with Crippen molar-refractivity contribution in [1.82, 2.24) is 9.55 Å². The molecule has 0 saturated carbocycles. The van der Waals surface area contributed by atoms with Gasteiger partial charge in [-0.1, -0.05) is 29.8 Å². The summed E-state index contributed by atoms with van der Waals surface area (Å²) in [6, 6.07) is 14.0. The van der Waals surface area contributed by atoms with Crippen molar-refractivity contribution in [3.8, 4) is 5.69 Å². The van der Waals surface area contributed by atoms with E-state index in [1.165, 1.54) is 5.56 Å². The number of halogens is 1. The number of rotatable bonds is 1. The molecule has 0 N–H and O–H groups in total. The Bertz CT molecular complexity index is 686. The van der Waals surface area contributed by atoms with Gasteiger partial charge in [-0.3, -0.25) is 4.57 Å². The zero-order chi connectivity index (χ0) is 11.8. The maximum atomic E-state index is 5.96. The fraction of sp³-hybridized carbons (Fsp3) is 0.0714. The topological polar surface area (TPSA) is 17.8 Å². The van der Waals surface area contributed by atoms with Crippen LogP contribution in [0.15, 0.2) is 48.8 Å². The lowest BCUT2D eigenvalue weighted by atomic mass is 10.2. The van der Waals surface area contributed by atoms with Gasteiger partial charge in [-0.15, -0.1) is 0 Å². The molecule has 0 aliphatic heterocycles. The Labute approximate surface area is 104 Å². The summed E-state index contributed by atoms with van der Waals surface area (Å²) in [5, 5.41) is 0.715. The van der Waals surface area contributed by atoms with Crippen LogP contribution < -0.4 is 0 Å². The van der Waals surface area contributed by atoms with Crippen molar-refractivity contribution in [2.45, 2.75) is 6.92 Å². The second-order valence-corrected chi connectivity index (χ2v) is 4.47. The fourth-order valence-corrected chi connectivity index (χ4v) is 2.18. The van der Waals surface area contributed by atoms with Gasteiger partial charge in [0.2, 0.25) is 0 Å². The van der Waals surface area contributed by atoms with Crippen molar-refractivity contribution in [2.24, 2.45) is 0 Å². The molecule has 2 nitrogen and oxygen atoms in total. The number of aryl methyl sites for hydroxylation is 1. The molecule has 1 aromatic heterocycles. The smallest absolute Gasteiger partial charge is 0.100 e. The van der Waals surface area contributed by atoms with Gasteiger partial charge in [0, 0.05) is 5.02 Å². The Morgan fingerprint density at radius 1 is 1.12 bits per heavy atom. The normalized spacial score (nSPS) is 10.9. The highest BCUT2D eigenvalue weighted by Crippen LogP contribution is 2.22. The molecule has 3 rings (SSSR count). The maximum absolute atomic E-state index is 5.96. The Kier molecular flexibility index (Phi) is 2.37. The molecule has 0 unspecified atom stereocenters. The molecule has 0 fully saturated rings. The van der Waals surface area contributed by atoms with Crippen molar-refractivity contribution in [2.75, 3.05) is 0 Å². The maximum Gasteiger partial charge on any atom is 0.100 e. The first-order valence-electron chi connectivity index (χ1n) is 5.44. The number of imidazole rings is 1. The molecule has 0 radical (unpaired) electrons. The van der Waals surface area contributed by atoms with Crippen LogP contribution in [0.4, 0.5) is 0 Å². The van der Waals surface area contributed by atoms with Crippen LogP contribution in [0, 0.1) is 6.92 Å². The SMILES string of the molecule is Cc1ccccc1-n1cnc2cc(Cl)ccc21. The number of fused-ring (bicyclic) bond motifs is 1. The predicted molar refractivity (Wildman–Crippen MR) is 70.8 cm³/mol. The van der Waals surface area contributed by atoms with Gasteiger partial charge >= 0.3 is 0 Å². The minimum Gasteiger partial charge on any atom is -0.299 e. The molecule has 84 valence electrons. The molecule has 1 heterocycles. The van der Waals surface area contributed by atoms with Gasteiger partial charge in [0.15, 0.2) is 0 Å². The van der Waals surface area contributed by atoms with Gasteiger partial charge in [-0.2, -0.15) is 0 Å². The lowest BCUT2D eigenvalue weighted by molar-refractivity contribution is 1.07. The van der Waals surface area contributed by atoms with Crippen LogP contribution in [0.1, 0.15) is 5.56 Å². The van der Waals surface area contributed by atoms with Crippen molar-refractivity contribution < 1.29 is 0 Å². The summed E-state index contributed by atoms with van der Waals surface area (Å²) in [6.45, 7) is 2.09. The molecular formula is C14H11ClN2. The zero-order valence-corrected chi connectivity index (χ0v) is 10.1. The highest BCUT2D eigenvalue weighted by molar-refractivity contribution is 6.31. The molecule has 3 aromatic rings. The van der Waals surface area contributed by atoms with Crippen LogP contribution in [0.5, 0.6) is 0 Å². The molecule has 0 atom stereocenters. The van der Waals surface area contributed by atoms with Gasteiger partial charge < -0.3 is 0 Å². The summed E-state index contributed by atoms with van der Waals surface area (Å²) < 4.78 is 2.08. The van der Waals surface area contributed by atoms with Gasteiger partial charge in [0.1, 0.15) is 6.33 Å².